The minimum Gasteiger partial charge on any atom is -0.545 e. The topological polar surface area (TPSA) is 125 Å². The van der Waals surface area contributed by atoms with Crippen LogP contribution in [0.1, 0.15) is 65.4 Å². The van der Waals surface area contributed by atoms with Crippen molar-refractivity contribution in [2.75, 3.05) is 46.2 Å². The Balaban J connectivity index is 2.21. The van der Waals surface area contributed by atoms with Gasteiger partial charge < -0.3 is 42.7 Å². The fraction of sp³-hybridized carbons (Fsp3) is 0.630. The smallest absolute Gasteiger partial charge is 0.500 e. The van der Waals surface area contributed by atoms with Crippen molar-refractivity contribution in [3.05, 3.63) is 29.8 Å². The average Bonchev–Trinajstić information content (AvgIpc) is 2.88. The van der Waals surface area contributed by atoms with Crippen LogP contribution in [0.3, 0.4) is 0 Å². The summed E-state index contributed by atoms with van der Waals surface area (Å²) in [6, 6.07) is 5.89. The molecule has 1 amide bonds. The molecule has 216 valence electrons. The van der Waals surface area contributed by atoms with E-state index in [4.69, 9.17) is 27.5 Å². The van der Waals surface area contributed by atoms with Crippen molar-refractivity contribution in [1.29, 1.82) is 0 Å². The molecule has 0 aliphatic carbocycles. The number of alkyl carbamates (subject to hydrolysis) is 1. The summed E-state index contributed by atoms with van der Waals surface area (Å²) >= 11 is 0. The van der Waals surface area contributed by atoms with Gasteiger partial charge in [0.05, 0.1) is 25.8 Å². The number of carboxylic acid groups (broad SMARTS) is 1. The zero-order valence-corrected chi connectivity index (χ0v) is 24.3. The molecule has 0 fully saturated rings. The number of benzene rings is 1. The highest BCUT2D eigenvalue weighted by molar-refractivity contribution is 6.60. The van der Waals surface area contributed by atoms with E-state index in [1.807, 2.05) is 27.7 Å². The van der Waals surface area contributed by atoms with Gasteiger partial charge in [0.2, 0.25) is 0 Å². The van der Waals surface area contributed by atoms with Crippen LogP contribution >= 0.6 is 0 Å². The van der Waals surface area contributed by atoms with Gasteiger partial charge in [0.25, 0.3) is 0 Å². The van der Waals surface area contributed by atoms with E-state index in [1.54, 1.807) is 18.2 Å². The van der Waals surface area contributed by atoms with Crippen molar-refractivity contribution in [2.24, 2.45) is 0 Å². The molecule has 0 aliphatic heterocycles. The Morgan fingerprint density at radius 3 is 2.11 bits per heavy atom. The summed E-state index contributed by atoms with van der Waals surface area (Å²) in [6.07, 6.45) is 6.13. The number of unbranched alkanes of at least 4 members (excludes halogenated alkanes) is 3. The van der Waals surface area contributed by atoms with Crippen molar-refractivity contribution >= 4 is 26.9 Å². The number of hydrogen-bond acceptors (Lipinski definition) is 9. The number of nitrogens with one attached hydrogen (secondary N) is 1. The highest BCUT2D eigenvalue weighted by Crippen LogP contribution is 2.29. The van der Waals surface area contributed by atoms with Gasteiger partial charge in [-0.3, -0.25) is 0 Å². The summed E-state index contributed by atoms with van der Waals surface area (Å²) in [6.45, 7) is 11.0. The van der Waals surface area contributed by atoms with Crippen LogP contribution in [0.15, 0.2) is 24.3 Å². The lowest BCUT2D eigenvalue weighted by Gasteiger charge is -2.28. The Labute approximate surface area is 228 Å². The molecule has 38 heavy (non-hydrogen) atoms. The highest BCUT2D eigenvalue weighted by Gasteiger charge is 2.39. The molecular formula is C27H44NO9Si-. The Bertz CT molecular complexity index is 818. The molecule has 0 spiro atoms. The third-order valence-electron chi connectivity index (χ3n) is 5.23. The van der Waals surface area contributed by atoms with E-state index in [0.717, 1.165) is 31.8 Å². The summed E-state index contributed by atoms with van der Waals surface area (Å²) in [7, 11) is -2.69. The van der Waals surface area contributed by atoms with Crippen LogP contribution in [0.4, 0.5) is 4.79 Å². The third kappa shape index (κ3) is 14.4. The molecule has 0 saturated carbocycles. The molecule has 1 N–H and O–H groups in total. The second-order valence-corrected chi connectivity index (χ2v) is 10.9. The number of ether oxygens (including phenoxy) is 3. The number of rotatable bonds is 22. The molecule has 11 heteroatoms. The number of carbonyl (C=O) groups is 2. The molecule has 0 heterocycles. The van der Waals surface area contributed by atoms with E-state index in [2.05, 4.69) is 5.32 Å². The fourth-order valence-corrected chi connectivity index (χ4v) is 6.24. The number of hydrogen-bond donors (Lipinski definition) is 1. The largest absolute Gasteiger partial charge is 0.545 e. The second kappa shape index (κ2) is 20.4. The average molecular weight is 555 g/mol. The van der Waals surface area contributed by atoms with E-state index in [0.29, 0.717) is 75.7 Å². The van der Waals surface area contributed by atoms with Gasteiger partial charge in [-0.2, -0.15) is 0 Å². The maximum absolute atomic E-state index is 11.9. The number of carbonyl (C=O) groups excluding carboxylic acids is 2. The number of amides is 1. The van der Waals surface area contributed by atoms with Gasteiger partial charge in [0, 0.05) is 32.4 Å². The lowest BCUT2D eigenvalue weighted by molar-refractivity contribution is -0.297. The molecule has 0 radical (unpaired) electrons. The summed E-state index contributed by atoms with van der Waals surface area (Å²) in [5, 5.41) is 13.4. The van der Waals surface area contributed by atoms with E-state index < -0.39 is 20.9 Å². The third-order valence-corrected chi connectivity index (χ3v) is 8.38. The van der Waals surface area contributed by atoms with Gasteiger partial charge in [-0.25, -0.2) is 4.79 Å². The molecule has 10 nitrogen and oxygen atoms in total. The Hall–Kier alpha value is -2.60. The fourth-order valence-electron chi connectivity index (χ4n) is 3.63. The molecule has 1 rings (SSSR count). The summed E-state index contributed by atoms with van der Waals surface area (Å²) in [5.41, 5.74) is 0.686. The minimum absolute atomic E-state index is 0.359. The summed E-state index contributed by atoms with van der Waals surface area (Å²) in [5.74, 6) is -0.0777. The van der Waals surface area contributed by atoms with E-state index in [9.17, 15) is 14.7 Å². The molecule has 0 aromatic heterocycles. The van der Waals surface area contributed by atoms with Crippen molar-refractivity contribution in [1.82, 2.24) is 5.32 Å². The van der Waals surface area contributed by atoms with E-state index in [-0.39, 0.29) is 0 Å². The van der Waals surface area contributed by atoms with Crippen LogP contribution in [0.2, 0.25) is 6.04 Å². The first-order valence-corrected chi connectivity index (χ1v) is 15.4. The highest BCUT2D eigenvalue weighted by atomic mass is 28.4. The van der Waals surface area contributed by atoms with Crippen LogP contribution in [0, 0.1) is 0 Å². The van der Waals surface area contributed by atoms with Gasteiger partial charge in [0.15, 0.2) is 11.5 Å². The molecule has 0 atom stereocenters. The first-order chi connectivity index (χ1) is 18.4. The summed E-state index contributed by atoms with van der Waals surface area (Å²) in [4.78, 5) is 22.5. The first kappa shape index (κ1) is 33.4. The first-order valence-electron chi connectivity index (χ1n) is 13.5. The molecule has 1 aromatic carbocycles. The minimum atomic E-state index is -2.69. The maximum atomic E-state index is 11.9. The predicted octanol–water partition coefficient (Wildman–Crippen LogP) is 3.95. The monoisotopic (exact) mass is 554 g/mol. The van der Waals surface area contributed by atoms with Crippen molar-refractivity contribution in [3.63, 3.8) is 0 Å². The van der Waals surface area contributed by atoms with Crippen LogP contribution in [-0.4, -0.2) is 67.1 Å². The lowest BCUT2D eigenvalue weighted by Crippen LogP contribution is -2.46. The second-order valence-electron chi connectivity index (χ2n) is 8.20. The van der Waals surface area contributed by atoms with Gasteiger partial charge in [-0.1, -0.05) is 12.1 Å². The Kier molecular flexibility index (Phi) is 17.9. The van der Waals surface area contributed by atoms with Crippen molar-refractivity contribution < 1.29 is 42.2 Å². The Morgan fingerprint density at radius 1 is 0.842 bits per heavy atom. The van der Waals surface area contributed by atoms with Gasteiger partial charge in [-0.15, -0.1) is 0 Å². The quantitative estimate of drug-likeness (QED) is 0.129. The summed E-state index contributed by atoms with van der Waals surface area (Å²) < 4.78 is 34.1. The van der Waals surface area contributed by atoms with Crippen LogP contribution in [0.5, 0.6) is 11.5 Å². The van der Waals surface area contributed by atoms with E-state index >= 15 is 0 Å². The van der Waals surface area contributed by atoms with Crippen LogP contribution in [-0.2, 0) is 22.8 Å². The molecule has 0 bridgehead atoms. The predicted molar refractivity (Wildman–Crippen MR) is 145 cm³/mol. The van der Waals surface area contributed by atoms with Crippen LogP contribution < -0.4 is 19.9 Å². The van der Waals surface area contributed by atoms with Crippen LogP contribution in [0.25, 0.3) is 6.08 Å². The molecule has 1 aromatic rings. The lowest BCUT2D eigenvalue weighted by atomic mass is 10.2. The van der Waals surface area contributed by atoms with E-state index in [1.165, 1.54) is 6.08 Å². The molecule has 0 aliphatic rings. The maximum Gasteiger partial charge on any atom is 0.500 e. The van der Waals surface area contributed by atoms with Gasteiger partial charge >= 0.3 is 14.9 Å². The molecule has 0 saturated heterocycles. The standard InChI is InChI=1S/C27H45NO9Si/c1-5-32-25-22-23(15-17-26(29)30)14-16-24(25)33-19-11-9-10-12-20-34-27(31)28-18-13-21-38(35-6-2,36-7-3)37-8-4/h14-17,22H,5-13,18-21H2,1-4H3,(H,28,31)(H,29,30)/p-1/b17-15+. The van der Waals surface area contributed by atoms with Crippen molar-refractivity contribution in [2.45, 2.75) is 65.8 Å². The normalized spacial score (nSPS) is 11.5. The number of aliphatic carboxylic acids is 1. The molecule has 0 unspecified atom stereocenters. The zero-order chi connectivity index (χ0) is 28.1. The van der Waals surface area contributed by atoms with Crippen molar-refractivity contribution in [3.8, 4) is 11.5 Å². The molecular weight excluding hydrogens is 510 g/mol. The SMILES string of the molecule is CCOc1cc(/C=C/C(=O)[O-])ccc1OCCCCCCOC(=O)NCCC[Si](OCC)(OCC)OCC. The van der Waals surface area contributed by atoms with Gasteiger partial charge in [0.1, 0.15) is 0 Å². The Morgan fingerprint density at radius 2 is 1.50 bits per heavy atom. The van der Waals surface area contributed by atoms with Gasteiger partial charge in [-0.05, 0) is 83.6 Å². The number of carboxylic acids is 1. The zero-order valence-electron chi connectivity index (χ0n) is 23.3.